The molecule has 0 radical (unpaired) electrons. The van der Waals surface area contributed by atoms with Crippen molar-refractivity contribution in [1.29, 1.82) is 5.26 Å². The molecule has 1 aliphatic carbocycles. The van der Waals surface area contributed by atoms with Crippen LogP contribution in [0, 0.1) is 21.4 Å². The van der Waals surface area contributed by atoms with Crippen LogP contribution in [0.2, 0.25) is 0 Å². The first-order valence-corrected chi connectivity index (χ1v) is 12.7. The first-order valence-electron chi connectivity index (χ1n) is 10.9. The van der Waals surface area contributed by atoms with Crippen molar-refractivity contribution in [1.82, 2.24) is 0 Å². The Balaban J connectivity index is 2.01. The summed E-state index contributed by atoms with van der Waals surface area (Å²) in [7, 11) is 0. The van der Waals surface area contributed by atoms with Crippen LogP contribution in [-0.4, -0.2) is 16.5 Å². The van der Waals surface area contributed by atoms with E-state index in [0.29, 0.717) is 30.5 Å². The molecule has 1 aromatic carbocycles. The molecule has 0 amide bonds. The molecule has 1 aromatic heterocycles. The molecule has 1 atom stereocenters. The van der Waals surface area contributed by atoms with Gasteiger partial charge in [-0.1, -0.05) is 26.0 Å². The summed E-state index contributed by atoms with van der Waals surface area (Å²) in [6.45, 7) is 4.15. The number of anilines is 1. The predicted molar refractivity (Wildman–Crippen MR) is 131 cm³/mol. The number of carbonyl (C=O) groups is 1. The fraction of sp³-hybridized carbons (Fsp3) is 0.333. The molecule has 0 saturated carbocycles. The fourth-order valence-corrected chi connectivity index (χ4v) is 6.92. The number of nitrogens with two attached hydrogens (primary N) is 1. The highest BCUT2D eigenvalue weighted by Gasteiger charge is 2.42. The number of thiophene rings is 1. The van der Waals surface area contributed by atoms with Crippen LogP contribution in [0.1, 0.15) is 49.5 Å². The van der Waals surface area contributed by atoms with E-state index in [1.54, 1.807) is 46.2 Å². The molecule has 1 unspecified atom stereocenters. The highest BCUT2D eigenvalue weighted by Crippen LogP contribution is 2.50. The lowest BCUT2D eigenvalue weighted by Crippen LogP contribution is -2.39. The Morgan fingerprint density at radius 1 is 1.33 bits per heavy atom. The minimum absolute atomic E-state index is 0.0261. The minimum Gasteiger partial charge on any atom is -0.384 e. The molecule has 0 bridgehead atoms. The molecule has 0 spiro atoms. The lowest BCUT2D eigenvalue weighted by molar-refractivity contribution is -0.384. The number of thioether (sulfide) groups is 1. The lowest BCUT2D eigenvalue weighted by Gasteiger charge is -2.39. The number of benzene rings is 1. The summed E-state index contributed by atoms with van der Waals surface area (Å²) in [5.74, 6) is 0.443. The normalized spacial score (nSPS) is 18.4. The van der Waals surface area contributed by atoms with Crippen molar-refractivity contribution in [2.24, 2.45) is 5.73 Å². The zero-order chi connectivity index (χ0) is 23.7. The second kappa shape index (κ2) is 9.41. The van der Waals surface area contributed by atoms with E-state index in [2.05, 4.69) is 26.0 Å². The van der Waals surface area contributed by atoms with Crippen LogP contribution in [0.25, 0.3) is 0 Å². The van der Waals surface area contributed by atoms with Crippen molar-refractivity contribution in [3.8, 4) is 6.07 Å². The van der Waals surface area contributed by atoms with Crippen LogP contribution < -0.4 is 10.6 Å². The van der Waals surface area contributed by atoms with E-state index in [1.807, 2.05) is 0 Å². The SMILES string of the molecule is CCSc1sc(CC)cc1C1C(C#N)=C(N)N(c2ccccc2[N+](=O)[O-])C2=C1C(=O)CCC2. The third-order valence-electron chi connectivity index (χ3n) is 5.94. The average molecular weight is 481 g/mol. The predicted octanol–water partition coefficient (Wildman–Crippen LogP) is 5.64. The van der Waals surface area contributed by atoms with E-state index in [0.717, 1.165) is 21.9 Å². The highest BCUT2D eigenvalue weighted by molar-refractivity contribution is 8.01. The van der Waals surface area contributed by atoms with Gasteiger partial charge in [0.1, 0.15) is 11.5 Å². The average Bonchev–Trinajstić information content (AvgIpc) is 3.21. The summed E-state index contributed by atoms with van der Waals surface area (Å²) in [5, 5.41) is 22.0. The Hall–Kier alpha value is -3.09. The third kappa shape index (κ3) is 3.94. The molecule has 2 aromatic rings. The number of hydrogen-bond acceptors (Lipinski definition) is 8. The maximum Gasteiger partial charge on any atom is 0.293 e. The molecule has 0 saturated heterocycles. The molecule has 9 heteroatoms. The van der Waals surface area contributed by atoms with E-state index in [9.17, 15) is 20.2 Å². The number of nitro groups is 1. The quantitative estimate of drug-likeness (QED) is 0.323. The number of ketones is 1. The number of Topliss-reactive ketones (excluding diaryl/α,β-unsaturated/α-hetero) is 1. The van der Waals surface area contributed by atoms with Gasteiger partial charge in [-0.25, -0.2) is 0 Å². The van der Waals surface area contributed by atoms with Gasteiger partial charge in [0.05, 0.1) is 26.7 Å². The number of aryl methyl sites for hydroxylation is 1. The number of rotatable bonds is 6. The topological polar surface area (TPSA) is 113 Å². The van der Waals surface area contributed by atoms with Gasteiger partial charge in [-0.15, -0.1) is 23.1 Å². The first kappa shape index (κ1) is 23.1. The van der Waals surface area contributed by atoms with Gasteiger partial charge >= 0.3 is 0 Å². The molecule has 2 N–H and O–H groups in total. The van der Waals surface area contributed by atoms with E-state index in [1.165, 1.54) is 10.9 Å². The summed E-state index contributed by atoms with van der Waals surface area (Å²) >= 11 is 3.39. The molecule has 33 heavy (non-hydrogen) atoms. The lowest BCUT2D eigenvalue weighted by atomic mass is 9.76. The standard InChI is InChI=1S/C24H24N4O3S2/c1-3-14-12-15(24(33-14)32-4-2)21-16(13-25)23(26)27(19-10-7-11-20(29)22(19)21)17-8-5-6-9-18(17)28(30)31/h5-6,8-9,12,21H,3-4,7,10-11,26H2,1-2H3. The van der Waals surface area contributed by atoms with Gasteiger partial charge in [-0.05, 0) is 42.7 Å². The zero-order valence-corrected chi connectivity index (χ0v) is 20.1. The largest absolute Gasteiger partial charge is 0.384 e. The number of nitro benzene ring substituents is 1. The van der Waals surface area contributed by atoms with Crippen molar-refractivity contribution in [3.63, 3.8) is 0 Å². The van der Waals surface area contributed by atoms with Crippen LogP contribution in [0.3, 0.4) is 0 Å². The monoisotopic (exact) mass is 480 g/mol. The fourth-order valence-electron chi connectivity index (χ4n) is 4.54. The Labute approximate surface area is 200 Å². The molecule has 0 fully saturated rings. The maximum atomic E-state index is 13.3. The number of para-hydroxylation sites is 2. The second-order valence-corrected chi connectivity index (χ2v) is 10.5. The minimum atomic E-state index is -0.553. The molecule has 1 aliphatic heterocycles. The Bertz CT molecular complexity index is 1240. The molecule has 7 nitrogen and oxygen atoms in total. The summed E-state index contributed by atoms with van der Waals surface area (Å²) in [6, 6.07) is 10.7. The molecular formula is C24H24N4O3S2. The molecular weight excluding hydrogens is 456 g/mol. The summed E-state index contributed by atoms with van der Waals surface area (Å²) < 4.78 is 1.09. The second-order valence-electron chi connectivity index (χ2n) is 7.80. The van der Waals surface area contributed by atoms with Gasteiger partial charge < -0.3 is 5.73 Å². The molecule has 170 valence electrons. The first-order chi connectivity index (χ1) is 15.9. The molecule has 2 heterocycles. The third-order valence-corrected chi connectivity index (χ3v) is 8.42. The smallest absolute Gasteiger partial charge is 0.293 e. The van der Waals surface area contributed by atoms with Gasteiger partial charge in [-0.2, -0.15) is 5.26 Å². The number of hydrogen-bond donors (Lipinski definition) is 1. The van der Waals surface area contributed by atoms with E-state index in [-0.39, 0.29) is 28.6 Å². The van der Waals surface area contributed by atoms with Crippen LogP contribution in [0.15, 0.2) is 57.2 Å². The number of nitrogens with zero attached hydrogens (tertiary/aromatic N) is 3. The molecule has 2 aliphatic rings. The van der Waals surface area contributed by atoms with E-state index < -0.39 is 10.8 Å². The number of carbonyl (C=O) groups excluding carboxylic acids is 1. The summed E-state index contributed by atoms with van der Waals surface area (Å²) in [6.07, 6.45) is 2.44. The number of allylic oxidation sites excluding steroid dienone is 3. The van der Waals surface area contributed by atoms with Crippen LogP contribution >= 0.6 is 23.1 Å². The van der Waals surface area contributed by atoms with Crippen LogP contribution in [0.5, 0.6) is 0 Å². The van der Waals surface area contributed by atoms with Crippen molar-refractivity contribution in [2.45, 2.75) is 49.7 Å². The van der Waals surface area contributed by atoms with Crippen LogP contribution in [0.4, 0.5) is 11.4 Å². The van der Waals surface area contributed by atoms with Gasteiger partial charge in [-0.3, -0.25) is 19.8 Å². The number of nitriles is 1. The Morgan fingerprint density at radius 2 is 2.09 bits per heavy atom. The summed E-state index contributed by atoms with van der Waals surface area (Å²) in [5.41, 5.74) is 9.16. The maximum absolute atomic E-state index is 13.3. The van der Waals surface area contributed by atoms with E-state index in [4.69, 9.17) is 5.73 Å². The van der Waals surface area contributed by atoms with E-state index >= 15 is 0 Å². The molecule has 4 rings (SSSR count). The van der Waals surface area contributed by atoms with Gasteiger partial charge in [0.2, 0.25) is 0 Å². The summed E-state index contributed by atoms with van der Waals surface area (Å²) in [4.78, 5) is 27.4. The van der Waals surface area contributed by atoms with Crippen molar-refractivity contribution < 1.29 is 9.72 Å². The Kier molecular flexibility index (Phi) is 6.58. The van der Waals surface area contributed by atoms with Crippen molar-refractivity contribution in [2.75, 3.05) is 10.7 Å². The van der Waals surface area contributed by atoms with Crippen LogP contribution in [-0.2, 0) is 11.2 Å². The Morgan fingerprint density at radius 3 is 2.76 bits per heavy atom. The highest BCUT2D eigenvalue weighted by atomic mass is 32.2. The van der Waals surface area contributed by atoms with Crippen molar-refractivity contribution in [3.05, 3.63) is 73.6 Å². The van der Waals surface area contributed by atoms with Gasteiger partial charge in [0.25, 0.3) is 5.69 Å². The van der Waals surface area contributed by atoms with Crippen molar-refractivity contribution >= 4 is 40.3 Å². The van der Waals surface area contributed by atoms with Gasteiger partial charge in [0, 0.05) is 28.6 Å². The van der Waals surface area contributed by atoms with Gasteiger partial charge in [0.15, 0.2) is 5.78 Å². The zero-order valence-electron chi connectivity index (χ0n) is 18.5.